The van der Waals surface area contributed by atoms with Crippen molar-refractivity contribution in [3.8, 4) is 17.2 Å². The van der Waals surface area contributed by atoms with Gasteiger partial charge in [-0.15, -0.1) is 0 Å². The molecule has 0 fully saturated rings. The van der Waals surface area contributed by atoms with Crippen LogP contribution in [0.4, 0.5) is 14.7 Å². The second-order valence-electron chi connectivity index (χ2n) is 4.97. The summed E-state index contributed by atoms with van der Waals surface area (Å²) in [5.74, 6) is 0.663. The molecule has 0 aliphatic heterocycles. The van der Waals surface area contributed by atoms with Crippen LogP contribution in [0.1, 0.15) is 5.56 Å². The second kappa shape index (κ2) is 7.56. The van der Waals surface area contributed by atoms with Gasteiger partial charge in [0, 0.05) is 6.54 Å². The molecule has 0 bridgehead atoms. The first-order chi connectivity index (χ1) is 12.2. The maximum absolute atomic E-state index is 12.4. The molecule has 0 aliphatic rings. The van der Waals surface area contributed by atoms with Gasteiger partial charge >= 0.3 is 6.61 Å². The van der Waals surface area contributed by atoms with Crippen molar-refractivity contribution >= 4 is 5.95 Å². The smallest absolute Gasteiger partial charge is 0.387 e. The molecule has 0 aliphatic carbocycles. The lowest BCUT2D eigenvalue weighted by Gasteiger charge is -2.12. The zero-order valence-electron chi connectivity index (χ0n) is 13.3. The Labute approximate surface area is 142 Å². The monoisotopic (exact) mass is 347 g/mol. The molecule has 0 unspecified atom stereocenters. The number of ether oxygens (including phenoxy) is 2. The summed E-state index contributed by atoms with van der Waals surface area (Å²) in [6.45, 7) is -2.54. The van der Waals surface area contributed by atoms with Gasteiger partial charge < -0.3 is 14.8 Å². The largest absolute Gasteiger partial charge is 0.493 e. The number of rotatable bonds is 7. The number of alkyl halides is 2. The van der Waals surface area contributed by atoms with Gasteiger partial charge in [-0.2, -0.15) is 13.5 Å². The molecule has 0 amide bonds. The minimum absolute atomic E-state index is 0.0182. The fourth-order valence-corrected chi connectivity index (χ4v) is 2.24. The maximum Gasteiger partial charge on any atom is 0.387 e. The molecule has 1 heterocycles. The molecule has 0 spiro atoms. The molecule has 3 aromatic rings. The predicted molar refractivity (Wildman–Crippen MR) is 86.1 cm³/mol. The Morgan fingerprint density at radius 2 is 1.92 bits per heavy atom. The van der Waals surface area contributed by atoms with Crippen LogP contribution in [0, 0.1) is 0 Å². The summed E-state index contributed by atoms with van der Waals surface area (Å²) in [4.78, 5) is 0. The summed E-state index contributed by atoms with van der Waals surface area (Å²) >= 11 is 0. The third kappa shape index (κ3) is 4.00. The molecule has 130 valence electrons. The van der Waals surface area contributed by atoms with Crippen LogP contribution in [0.2, 0.25) is 0 Å². The number of hydrogen-bond acceptors (Lipinski definition) is 6. The highest BCUT2D eigenvalue weighted by Crippen LogP contribution is 2.29. The van der Waals surface area contributed by atoms with E-state index in [1.807, 2.05) is 30.3 Å². The third-order valence-corrected chi connectivity index (χ3v) is 3.36. The van der Waals surface area contributed by atoms with Crippen molar-refractivity contribution < 1.29 is 18.3 Å². The molecule has 2 aromatic carbocycles. The summed E-state index contributed by atoms with van der Waals surface area (Å²) in [5.41, 5.74) is 1.61. The van der Waals surface area contributed by atoms with Gasteiger partial charge in [0.2, 0.25) is 5.95 Å². The normalized spacial score (nSPS) is 10.7. The number of nitrogens with zero attached hydrogens (tertiary/aromatic N) is 4. The molecule has 0 saturated carbocycles. The lowest BCUT2D eigenvalue weighted by atomic mass is 10.2. The van der Waals surface area contributed by atoms with E-state index in [4.69, 9.17) is 4.74 Å². The van der Waals surface area contributed by atoms with Crippen molar-refractivity contribution in [2.24, 2.45) is 0 Å². The number of tetrazole rings is 1. The van der Waals surface area contributed by atoms with E-state index in [0.29, 0.717) is 12.5 Å². The maximum atomic E-state index is 12.4. The summed E-state index contributed by atoms with van der Waals surface area (Å²) in [6, 6.07) is 14.1. The fraction of sp³-hybridized carbons (Fsp3) is 0.188. The van der Waals surface area contributed by atoms with Crippen molar-refractivity contribution in [2.45, 2.75) is 13.2 Å². The van der Waals surface area contributed by atoms with Gasteiger partial charge in [0.1, 0.15) is 0 Å². The van der Waals surface area contributed by atoms with Gasteiger partial charge in [-0.3, -0.25) is 0 Å². The molecule has 25 heavy (non-hydrogen) atoms. The zero-order valence-corrected chi connectivity index (χ0v) is 13.3. The van der Waals surface area contributed by atoms with Crippen LogP contribution in [0.15, 0.2) is 48.5 Å². The van der Waals surface area contributed by atoms with E-state index in [9.17, 15) is 8.78 Å². The molecule has 0 radical (unpaired) electrons. The Morgan fingerprint density at radius 1 is 1.12 bits per heavy atom. The minimum Gasteiger partial charge on any atom is -0.493 e. The quantitative estimate of drug-likeness (QED) is 0.708. The van der Waals surface area contributed by atoms with Crippen LogP contribution in [0.5, 0.6) is 11.5 Å². The zero-order chi connectivity index (χ0) is 17.6. The molecular formula is C16H15F2N5O2. The van der Waals surface area contributed by atoms with Gasteiger partial charge in [-0.1, -0.05) is 29.4 Å². The number of hydrogen-bond donors (Lipinski definition) is 1. The number of anilines is 1. The van der Waals surface area contributed by atoms with Gasteiger partial charge in [0.05, 0.1) is 12.8 Å². The highest BCUT2D eigenvalue weighted by Gasteiger charge is 2.12. The molecular weight excluding hydrogens is 332 g/mol. The summed E-state index contributed by atoms with van der Waals surface area (Å²) < 4.78 is 35.8. The van der Waals surface area contributed by atoms with Crippen LogP contribution in [0.3, 0.4) is 0 Å². The van der Waals surface area contributed by atoms with E-state index in [2.05, 4.69) is 25.6 Å². The number of nitrogens with one attached hydrogen (secondary N) is 1. The minimum atomic E-state index is -2.91. The number of halogens is 2. The Balaban J connectivity index is 1.73. The molecule has 1 aromatic heterocycles. The average molecular weight is 347 g/mol. The number of aromatic nitrogens is 4. The van der Waals surface area contributed by atoms with Crippen LogP contribution in [-0.4, -0.2) is 33.9 Å². The highest BCUT2D eigenvalue weighted by molar-refractivity contribution is 5.44. The molecule has 0 saturated heterocycles. The molecule has 1 N–H and O–H groups in total. The predicted octanol–water partition coefficient (Wildman–Crippen LogP) is 2.88. The van der Waals surface area contributed by atoms with Crippen molar-refractivity contribution in [1.29, 1.82) is 0 Å². The Hall–Kier alpha value is -3.23. The first-order valence-corrected chi connectivity index (χ1v) is 7.37. The molecule has 0 atom stereocenters. The number of para-hydroxylation sites is 1. The van der Waals surface area contributed by atoms with E-state index in [0.717, 1.165) is 11.3 Å². The van der Waals surface area contributed by atoms with E-state index in [1.54, 1.807) is 16.8 Å². The number of methoxy groups -OCH3 is 1. The average Bonchev–Trinajstić information content (AvgIpc) is 3.09. The van der Waals surface area contributed by atoms with Crippen LogP contribution in [0.25, 0.3) is 5.69 Å². The Morgan fingerprint density at radius 3 is 2.64 bits per heavy atom. The summed E-state index contributed by atoms with van der Waals surface area (Å²) in [7, 11) is 1.39. The van der Waals surface area contributed by atoms with Gasteiger partial charge in [-0.05, 0) is 40.3 Å². The van der Waals surface area contributed by atoms with Crippen LogP contribution < -0.4 is 14.8 Å². The first-order valence-electron chi connectivity index (χ1n) is 7.37. The standard InChI is InChI=1S/C16H15F2N5O2/c1-24-14-9-11(7-8-13(14)25-15(17)18)10-19-16-20-21-22-23(16)12-5-3-2-4-6-12/h2-9,15H,10H2,1H3,(H,19,20,22). The van der Waals surface area contributed by atoms with Crippen molar-refractivity contribution in [1.82, 2.24) is 20.2 Å². The molecule has 9 heteroatoms. The van der Waals surface area contributed by atoms with E-state index in [-0.39, 0.29) is 11.5 Å². The SMILES string of the molecule is COc1cc(CNc2nnnn2-c2ccccc2)ccc1OC(F)F. The molecule has 7 nitrogen and oxygen atoms in total. The number of benzene rings is 2. The fourth-order valence-electron chi connectivity index (χ4n) is 2.24. The second-order valence-corrected chi connectivity index (χ2v) is 4.97. The topological polar surface area (TPSA) is 74.1 Å². The highest BCUT2D eigenvalue weighted by atomic mass is 19.3. The Bertz CT molecular complexity index is 826. The van der Waals surface area contributed by atoms with Gasteiger partial charge in [0.15, 0.2) is 11.5 Å². The third-order valence-electron chi connectivity index (χ3n) is 3.36. The summed E-state index contributed by atoms with van der Waals surface area (Å²) in [5, 5.41) is 14.7. The van der Waals surface area contributed by atoms with Crippen molar-refractivity contribution in [3.05, 3.63) is 54.1 Å². The van der Waals surface area contributed by atoms with E-state index < -0.39 is 6.61 Å². The van der Waals surface area contributed by atoms with Gasteiger partial charge in [-0.25, -0.2) is 0 Å². The van der Waals surface area contributed by atoms with Crippen molar-refractivity contribution in [3.63, 3.8) is 0 Å². The first kappa shape index (κ1) is 16.6. The van der Waals surface area contributed by atoms with Crippen LogP contribution >= 0.6 is 0 Å². The summed E-state index contributed by atoms with van der Waals surface area (Å²) in [6.07, 6.45) is 0. The Kier molecular flexibility index (Phi) is 5.03. The van der Waals surface area contributed by atoms with Crippen molar-refractivity contribution in [2.75, 3.05) is 12.4 Å². The lowest BCUT2D eigenvalue weighted by molar-refractivity contribution is -0.0512. The van der Waals surface area contributed by atoms with Gasteiger partial charge in [0.25, 0.3) is 0 Å². The lowest BCUT2D eigenvalue weighted by Crippen LogP contribution is -2.08. The van der Waals surface area contributed by atoms with E-state index in [1.165, 1.54) is 13.2 Å². The van der Waals surface area contributed by atoms with E-state index >= 15 is 0 Å². The van der Waals surface area contributed by atoms with Crippen LogP contribution in [-0.2, 0) is 6.54 Å². The molecule has 3 rings (SSSR count).